The van der Waals surface area contributed by atoms with Crippen molar-refractivity contribution >= 4 is 21.8 Å². The van der Waals surface area contributed by atoms with Gasteiger partial charge < -0.3 is 11.1 Å². The normalized spacial score (nSPS) is 11.9. The molecular formula is C17H19BrN2O. The first-order valence-corrected chi connectivity index (χ1v) is 7.77. The molecule has 2 rings (SSSR count). The van der Waals surface area contributed by atoms with Crippen LogP contribution in [0.1, 0.15) is 30.0 Å². The molecule has 0 heterocycles. The topological polar surface area (TPSA) is 55.1 Å². The molecule has 1 amide bonds. The molecule has 3 N–H and O–H groups in total. The van der Waals surface area contributed by atoms with Crippen molar-refractivity contribution in [2.45, 2.75) is 25.4 Å². The summed E-state index contributed by atoms with van der Waals surface area (Å²) in [6.07, 6.45) is 1.08. The van der Waals surface area contributed by atoms with Crippen molar-refractivity contribution < 1.29 is 4.79 Å². The van der Waals surface area contributed by atoms with Gasteiger partial charge in [-0.15, -0.1) is 0 Å². The van der Waals surface area contributed by atoms with Crippen LogP contribution in [-0.2, 0) is 11.3 Å². The first-order valence-electron chi connectivity index (χ1n) is 6.97. The van der Waals surface area contributed by atoms with Gasteiger partial charge in [0.1, 0.15) is 0 Å². The van der Waals surface area contributed by atoms with Gasteiger partial charge in [-0.2, -0.15) is 0 Å². The Kier molecular flexibility index (Phi) is 5.96. The molecule has 0 fully saturated rings. The smallest absolute Gasteiger partial charge is 0.220 e. The number of hydrogen-bond acceptors (Lipinski definition) is 2. The number of halogens is 1. The molecule has 0 saturated heterocycles. The van der Waals surface area contributed by atoms with E-state index in [1.807, 2.05) is 54.6 Å². The molecule has 3 nitrogen and oxygen atoms in total. The number of hydrogen-bond donors (Lipinski definition) is 2. The Labute approximate surface area is 133 Å². The Morgan fingerprint density at radius 2 is 1.76 bits per heavy atom. The zero-order chi connectivity index (χ0) is 15.1. The summed E-state index contributed by atoms with van der Waals surface area (Å²) < 4.78 is 1.01. The van der Waals surface area contributed by atoms with Gasteiger partial charge in [-0.05, 0) is 23.6 Å². The Morgan fingerprint density at radius 1 is 1.10 bits per heavy atom. The average molecular weight is 347 g/mol. The SMILES string of the molecule is NC(CCC(=O)NCc1ccccc1Br)c1ccccc1. The van der Waals surface area contributed by atoms with Crippen LogP contribution >= 0.6 is 15.9 Å². The maximum absolute atomic E-state index is 11.9. The third-order valence-electron chi connectivity index (χ3n) is 3.34. The molecular weight excluding hydrogens is 328 g/mol. The zero-order valence-electron chi connectivity index (χ0n) is 11.8. The first kappa shape index (κ1) is 15.7. The van der Waals surface area contributed by atoms with Crippen LogP contribution in [0, 0.1) is 0 Å². The second kappa shape index (κ2) is 7.96. The molecule has 0 bridgehead atoms. The summed E-state index contributed by atoms with van der Waals surface area (Å²) in [5, 5.41) is 2.92. The first-order chi connectivity index (χ1) is 10.2. The van der Waals surface area contributed by atoms with Gasteiger partial charge in [0.05, 0.1) is 0 Å². The molecule has 0 aliphatic heterocycles. The Hall–Kier alpha value is -1.65. The Balaban J connectivity index is 1.76. The van der Waals surface area contributed by atoms with Gasteiger partial charge in [-0.25, -0.2) is 0 Å². The van der Waals surface area contributed by atoms with E-state index in [9.17, 15) is 4.79 Å². The predicted molar refractivity (Wildman–Crippen MR) is 88.6 cm³/mol. The molecule has 4 heteroatoms. The lowest BCUT2D eigenvalue weighted by atomic mass is 10.0. The third kappa shape index (κ3) is 4.99. The van der Waals surface area contributed by atoms with Crippen LogP contribution in [-0.4, -0.2) is 5.91 Å². The van der Waals surface area contributed by atoms with E-state index in [1.54, 1.807) is 0 Å². The van der Waals surface area contributed by atoms with Crippen LogP contribution in [0.5, 0.6) is 0 Å². The lowest BCUT2D eigenvalue weighted by molar-refractivity contribution is -0.121. The van der Waals surface area contributed by atoms with E-state index >= 15 is 0 Å². The number of rotatable bonds is 6. The average Bonchev–Trinajstić information content (AvgIpc) is 2.52. The Morgan fingerprint density at radius 3 is 2.48 bits per heavy atom. The summed E-state index contributed by atoms with van der Waals surface area (Å²) in [7, 11) is 0. The fourth-order valence-corrected chi connectivity index (χ4v) is 2.50. The number of nitrogens with one attached hydrogen (secondary N) is 1. The van der Waals surface area contributed by atoms with Crippen LogP contribution in [0.15, 0.2) is 59.1 Å². The van der Waals surface area contributed by atoms with Gasteiger partial charge in [-0.1, -0.05) is 64.5 Å². The van der Waals surface area contributed by atoms with Crippen LogP contribution in [0.4, 0.5) is 0 Å². The molecule has 21 heavy (non-hydrogen) atoms. The highest BCUT2D eigenvalue weighted by Gasteiger charge is 2.09. The van der Waals surface area contributed by atoms with Gasteiger partial charge >= 0.3 is 0 Å². The summed E-state index contributed by atoms with van der Waals surface area (Å²) in [6.45, 7) is 0.529. The summed E-state index contributed by atoms with van der Waals surface area (Å²) in [4.78, 5) is 11.9. The largest absolute Gasteiger partial charge is 0.352 e. The van der Waals surface area contributed by atoms with Gasteiger partial charge in [-0.3, -0.25) is 4.79 Å². The van der Waals surface area contributed by atoms with Crippen molar-refractivity contribution in [3.8, 4) is 0 Å². The molecule has 2 aromatic rings. The van der Waals surface area contributed by atoms with E-state index in [1.165, 1.54) is 0 Å². The number of carbonyl (C=O) groups is 1. The highest BCUT2D eigenvalue weighted by Crippen LogP contribution is 2.16. The van der Waals surface area contributed by atoms with Crippen LogP contribution in [0.2, 0.25) is 0 Å². The molecule has 0 aliphatic carbocycles. The van der Waals surface area contributed by atoms with Crippen molar-refractivity contribution in [2.75, 3.05) is 0 Å². The molecule has 1 atom stereocenters. The molecule has 0 spiro atoms. The second-order valence-electron chi connectivity index (χ2n) is 4.92. The molecule has 1 unspecified atom stereocenters. The maximum atomic E-state index is 11.9. The minimum Gasteiger partial charge on any atom is -0.352 e. The number of carbonyl (C=O) groups excluding carboxylic acids is 1. The Bertz CT molecular complexity index is 586. The van der Waals surface area contributed by atoms with E-state index < -0.39 is 0 Å². The predicted octanol–water partition coefficient (Wildman–Crippen LogP) is 3.55. The van der Waals surface area contributed by atoms with E-state index in [2.05, 4.69) is 21.2 Å². The fraction of sp³-hybridized carbons (Fsp3) is 0.235. The van der Waals surface area contributed by atoms with Gasteiger partial charge in [0.15, 0.2) is 0 Å². The van der Waals surface area contributed by atoms with E-state index in [4.69, 9.17) is 5.73 Å². The molecule has 0 aromatic heterocycles. The second-order valence-corrected chi connectivity index (χ2v) is 5.78. The molecule has 0 aliphatic rings. The highest BCUT2D eigenvalue weighted by molar-refractivity contribution is 9.10. The van der Waals surface area contributed by atoms with E-state index in [-0.39, 0.29) is 11.9 Å². The monoisotopic (exact) mass is 346 g/mol. The molecule has 0 saturated carbocycles. The van der Waals surface area contributed by atoms with Crippen LogP contribution in [0.3, 0.4) is 0 Å². The highest BCUT2D eigenvalue weighted by atomic mass is 79.9. The number of amides is 1. The van der Waals surface area contributed by atoms with E-state index in [0.717, 1.165) is 15.6 Å². The minimum absolute atomic E-state index is 0.0251. The van der Waals surface area contributed by atoms with Crippen molar-refractivity contribution in [3.63, 3.8) is 0 Å². The van der Waals surface area contributed by atoms with Crippen molar-refractivity contribution in [3.05, 3.63) is 70.2 Å². The standard InChI is InChI=1S/C17H19BrN2O/c18-15-9-5-4-8-14(15)12-20-17(21)11-10-16(19)13-6-2-1-3-7-13/h1-9,16H,10-12,19H2,(H,20,21). The van der Waals surface area contributed by atoms with Gasteiger partial charge in [0.25, 0.3) is 0 Å². The summed E-state index contributed by atoms with van der Waals surface area (Å²) in [5.74, 6) is 0.0251. The fourth-order valence-electron chi connectivity index (χ4n) is 2.08. The minimum atomic E-state index is -0.0968. The number of benzene rings is 2. The summed E-state index contributed by atoms with van der Waals surface area (Å²) in [5.41, 5.74) is 8.22. The zero-order valence-corrected chi connectivity index (χ0v) is 13.3. The van der Waals surface area contributed by atoms with Crippen molar-refractivity contribution in [1.82, 2.24) is 5.32 Å². The van der Waals surface area contributed by atoms with Crippen molar-refractivity contribution in [2.24, 2.45) is 5.73 Å². The molecule has 110 valence electrons. The summed E-state index contributed by atoms with van der Waals surface area (Å²) >= 11 is 3.47. The van der Waals surface area contributed by atoms with Crippen LogP contribution in [0.25, 0.3) is 0 Å². The molecule has 0 radical (unpaired) electrons. The quantitative estimate of drug-likeness (QED) is 0.840. The van der Waals surface area contributed by atoms with Gasteiger partial charge in [0, 0.05) is 23.5 Å². The van der Waals surface area contributed by atoms with Crippen molar-refractivity contribution in [1.29, 1.82) is 0 Å². The lowest BCUT2D eigenvalue weighted by Gasteiger charge is -2.12. The summed E-state index contributed by atoms with van der Waals surface area (Å²) in [6, 6.07) is 17.6. The van der Waals surface area contributed by atoms with Gasteiger partial charge in [0.2, 0.25) is 5.91 Å². The third-order valence-corrected chi connectivity index (χ3v) is 4.12. The van der Waals surface area contributed by atoms with E-state index in [0.29, 0.717) is 19.4 Å². The maximum Gasteiger partial charge on any atom is 0.220 e. The van der Waals surface area contributed by atoms with Crippen LogP contribution < -0.4 is 11.1 Å². The lowest BCUT2D eigenvalue weighted by Crippen LogP contribution is -2.24. The molecule has 2 aromatic carbocycles. The number of nitrogens with two attached hydrogens (primary N) is 1.